The van der Waals surface area contributed by atoms with Gasteiger partial charge in [-0.3, -0.25) is 9.80 Å². The van der Waals surface area contributed by atoms with Crippen LogP contribution in [0.25, 0.3) is 0 Å². The molecule has 0 aromatic heterocycles. The van der Waals surface area contributed by atoms with Gasteiger partial charge in [-0.25, -0.2) is 0 Å². The molecule has 1 aliphatic carbocycles. The van der Waals surface area contributed by atoms with Crippen LogP contribution in [0.15, 0.2) is 0 Å². The highest BCUT2D eigenvalue weighted by molar-refractivity contribution is 5.03. The Labute approximate surface area is 94.6 Å². The topological polar surface area (TPSA) is 6.48 Å². The second-order valence-corrected chi connectivity index (χ2v) is 6.41. The number of rotatable bonds is 1. The van der Waals surface area contributed by atoms with E-state index in [4.69, 9.17) is 0 Å². The summed E-state index contributed by atoms with van der Waals surface area (Å²) in [4.78, 5) is 5.43. The first-order valence-corrected chi connectivity index (χ1v) is 6.44. The second kappa shape index (κ2) is 3.74. The zero-order chi connectivity index (χ0) is 11.2. The third kappa shape index (κ3) is 1.94. The Morgan fingerprint density at radius 3 is 2.00 bits per heavy atom. The third-order valence-electron chi connectivity index (χ3n) is 4.15. The Balaban J connectivity index is 2.06. The summed E-state index contributed by atoms with van der Waals surface area (Å²) in [6, 6.07) is 2.40. The predicted octanol–water partition coefficient (Wildman–Crippen LogP) is 2.34. The summed E-state index contributed by atoms with van der Waals surface area (Å²) < 4.78 is 0. The van der Waals surface area contributed by atoms with Gasteiger partial charge in [0.1, 0.15) is 0 Å². The van der Waals surface area contributed by atoms with E-state index in [2.05, 4.69) is 44.4 Å². The van der Waals surface area contributed by atoms with Gasteiger partial charge < -0.3 is 0 Å². The Hall–Kier alpha value is -0.0800. The van der Waals surface area contributed by atoms with Crippen molar-refractivity contribution in [1.29, 1.82) is 0 Å². The molecule has 0 aromatic carbocycles. The number of piperazine rings is 1. The van der Waals surface area contributed by atoms with E-state index in [0.717, 1.165) is 18.1 Å². The molecular weight excluding hydrogens is 184 g/mol. The Morgan fingerprint density at radius 1 is 1.00 bits per heavy atom. The van der Waals surface area contributed by atoms with E-state index in [0.29, 0.717) is 5.54 Å². The molecule has 2 aliphatic rings. The molecule has 2 fully saturated rings. The second-order valence-electron chi connectivity index (χ2n) is 6.41. The quantitative estimate of drug-likeness (QED) is 0.655. The van der Waals surface area contributed by atoms with E-state index in [-0.39, 0.29) is 0 Å². The molecule has 2 unspecified atom stereocenters. The van der Waals surface area contributed by atoms with Gasteiger partial charge in [0.15, 0.2) is 0 Å². The highest BCUT2D eigenvalue weighted by atomic mass is 15.4. The minimum absolute atomic E-state index is 0.354. The van der Waals surface area contributed by atoms with E-state index >= 15 is 0 Å². The Kier molecular flexibility index (Phi) is 2.85. The molecule has 0 aromatic rings. The first kappa shape index (κ1) is 11.4. The van der Waals surface area contributed by atoms with Gasteiger partial charge in [0.2, 0.25) is 0 Å². The molecule has 1 saturated carbocycles. The van der Waals surface area contributed by atoms with E-state index < -0.39 is 0 Å². The lowest BCUT2D eigenvalue weighted by atomic mass is 9.79. The first-order valence-electron chi connectivity index (χ1n) is 6.44. The summed E-state index contributed by atoms with van der Waals surface area (Å²) in [6.45, 7) is 14.2. The summed E-state index contributed by atoms with van der Waals surface area (Å²) in [5.74, 6) is 0. The van der Waals surface area contributed by atoms with Crippen molar-refractivity contribution in [2.24, 2.45) is 0 Å². The highest BCUT2D eigenvalue weighted by Gasteiger charge is 2.46. The van der Waals surface area contributed by atoms with Crippen LogP contribution in [0.4, 0.5) is 0 Å². The van der Waals surface area contributed by atoms with Gasteiger partial charge in [0, 0.05) is 36.8 Å². The lowest BCUT2D eigenvalue weighted by Gasteiger charge is -2.59. The average Bonchev–Trinajstić information content (AvgIpc) is 2.03. The lowest BCUT2D eigenvalue weighted by molar-refractivity contribution is -0.0885. The van der Waals surface area contributed by atoms with E-state index in [1.807, 2.05) is 0 Å². The van der Waals surface area contributed by atoms with Crippen molar-refractivity contribution in [3.05, 3.63) is 0 Å². The van der Waals surface area contributed by atoms with E-state index in [9.17, 15) is 0 Å². The van der Waals surface area contributed by atoms with Gasteiger partial charge in [-0.15, -0.1) is 0 Å². The minimum Gasteiger partial charge on any atom is -0.295 e. The molecule has 2 nitrogen and oxygen atoms in total. The molecule has 0 radical (unpaired) electrons. The van der Waals surface area contributed by atoms with Crippen LogP contribution in [0.5, 0.6) is 0 Å². The number of hydrogen-bond donors (Lipinski definition) is 0. The van der Waals surface area contributed by atoms with Gasteiger partial charge in [0.25, 0.3) is 0 Å². The Bertz CT molecular complexity index is 229. The zero-order valence-electron chi connectivity index (χ0n) is 11.0. The monoisotopic (exact) mass is 210 g/mol. The molecule has 1 saturated heterocycles. The highest BCUT2D eigenvalue weighted by Crippen LogP contribution is 2.37. The van der Waals surface area contributed by atoms with Crippen LogP contribution in [0.3, 0.4) is 0 Å². The fraction of sp³-hybridized carbons (Fsp3) is 1.00. The fourth-order valence-corrected chi connectivity index (χ4v) is 3.24. The molecule has 1 aliphatic heterocycles. The maximum absolute atomic E-state index is 2.72. The van der Waals surface area contributed by atoms with Crippen LogP contribution in [-0.2, 0) is 0 Å². The summed E-state index contributed by atoms with van der Waals surface area (Å²) in [5, 5.41) is 0. The zero-order valence-corrected chi connectivity index (χ0v) is 11.0. The predicted molar refractivity (Wildman–Crippen MR) is 65.1 cm³/mol. The van der Waals surface area contributed by atoms with Gasteiger partial charge in [-0.1, -0.05) is 0 Å². The molecule has 15 heavy (non-hydrogen) atoms. The fourth-order valence-electron chi connectivity index (χ4n) is 3.24. The maximum atomic E-state index is 2.72. The molecule has 0 spiro atoms. The molecular formula is C13H26N2. The maximum Gasteiger partial charge on any atom is 0.0258 e. The summed E-state index contributed by atoms with van der Waals surface area (Å²) >= 11 is 0. The van der Waals surface area contributed by atoms with Gasteiger partial charge >= 0.3 is 0 Å². The first-order chi connectivity index (χ1) is 6.91. The van der Waals surface area contributed by atoms with Crippen molar-refractivity contribution in [2.45, 2.75) is 71.1 Å². The molecule has 1 heterocycles. The summed E-state index contributed by atoms with van der Waals surface area (Å²) in [7, 11) is 0. The summed E-state index contributed by atoms with van der Waals surface area (Å²) in [5.41, 5.74) is 0.354. The van der Waals surface area contributed by atoms with E-state index in [1.54, 1.807) is 0 Å². The molecule has 0 amide bonds. The van der Waals surface area contributed by atoms with Crippen LogP contribution >= 0.6 is 0 Å². The Morgan fingerprint density at radius 2 is 1.60 bits per heavy atom. The standard InChI is InChI=1S/C13H26N2/c1-10(2)14-8-9-15(13(3,4)5)12-7-6-11(12)14/h10-12H,6-9H2,1-5H3. The third-order valence-corrected chi connectivity index (χ3v) is 4.15. The van der Waals surface area contributed by atoms with E-state index in [1.165, 1.54) is 25.9 Å². The van der Waals surface area contributed by atoms with Crippen molar-refractivity contribution in [3.63, 3.8) is 0 Å². The average molecular weight is 210 g/mol. The molecule has 2 rings (SSSR count). The van der Waals surface area contributed by atoms with Crippen LogP contribution in [0.1, 0.15) is 47.5 Å². The largest absolute Gasteiger partial charge is 0.295 e. The molecule has 2 heteroatoms. The van der Waals surface area contributed by atoms with Gasteiger partial charge in [0.05, 0.1) is 0 Å². The summed E-state index contributed by atoms with van der Waals surface area (Å²) in [6.07, 6.45) is 2.82. The van der Waals surface area contributed by atoms with Crippen molar-refractivity contribution >= 4 is 0 Å². The van der Waals surface area contributed by atoms with Crippen molar-refractivity contribution in [3.8, 4) is 0 Å². The lowest BCUT2D eigenvalue weighted by Crippen LogP contribution is -2.69. The molecule has 0 N–H and O–H groups in total. The number of hydrogen-bond acceptors (Lipinski definition) is 2. The van der Waals surface area contributed by atoms with Crippen LogP contribution in [0.2, 0.25) is 0 Å². The molecule has 0 bridgehead atoms. The normalized spacial score (nSPS) is 34.0. The van der Waals surface area contributed by atoms with Crippen molar-refractivity contribution < 1.29 is 0 Å². The van der Waals surface area contributed by atoms with Crippen molar-refractivity contribution in [1.82, 2.24) is 9.80 Å². The van der Waals surface area contributed by atoms with Crippen LogP contribution in [-0.4, -0.2) is 46.6 Å². The van der Waals surface area contributed by atoms with Crippen LogP contribution < -0.4 is 0 Å². The minimum atomic E-state index is 0.354. The SMILES string of the molecule is CC(C)N1CCN(C(C)(C)C)C2CCC21. The molecule has 88 valence electrons. The van der Waals surface area contributed by atoms with Crippen LogP contribution in [0, 0.1) is 0 Å². The van der Waals surface area contributed by atoms with Gasteiger partial charge in [-0.05, 0) is 47.5 Å². The molecule has 2 atom stereocenters. The number of nitrogens with zero attached hydrogens (tertiary/aromatic N) is 2. The smallest absolute Gasteiger partial charge is 0.0258 e. The van der Waals surface area contributed by atoms with Gasteiger partial charge in [-0.2, -0.15) is 0 Å². The van der Waals surface area contributed by atoms with Crippen molar-refractivity contribution in [2.75, 3.05) is 13.1 Å². The number of fused-ring (bicyclic) bond motifs is 1.